The summed E-state index contributed by atoms with van der Waals surface area (Å²) in [5.41, 5.74) is 0. The van der Waals surface area contributed by atoms with Crippen molar-refractivity contribution in [3.63, 3.8) is 0 Å². The molecule has 0 bridgehead atoms. The van der Waals surface area contributed by atoms with Gasteiger partial charge in [0, 0.05) is 12.6 Å². The molecule has 1 fully saturated rings. The third-order valence-electron chi connectivity index (χ3n) is 3.13. The molecule has 1 aliphatic heterocycles. The first-order valence-corrected chi connectivity index (χ1v) is 6.19. The smallest absolute Gasteiger partial charge is 0.322 e. The SMILES string of the molecule is CCC1CCCCCN1CC(Cl)C(=O)O. The molecule has 15 heavy (non-hydrogen) atoms. The number of carboxylic acid groups (broad SMARTS) is 1. The van der Waals surface area contributed by atoms with Crippen molar-refractivity contribution in [2.45, 2.75) is 50.4 Å². The van der Waals surface area contributed by atoms with E-state index in [-0.39, 0.29) is 0 Å². The molecule has 0 radical (unpaired) electrons. The Morgan fingerprint density at radius 1 is 1.53 bits per heavy atom. The normalized spacial score (nSPS) is 25.9. The fourth-order valence-electron chi connectivity index (χ4n) is 2.22. The van der Waals surface area contributed by atoms with Gasteiger partial charge in [0.15, 0.2) is 0 Å². The number of nitrogens with zero attached hydrogens (tertiary/aromatic N) is 1. The van der Waals surface area contributed by atoms with Crippen LogP contribution in [0, 0.1) is 0 Å². The van der Waals surface area contributed by atoms with Gasteiger partial charge in [-0.1, -0.05) is 19.8 Å². The van der Waals surface area contributed by atoms with E-state index in [0.29, 0.717) is 12.6 Å². The number of hydrogen-bond acceptors (Lipinski definition) is 2. The number of carboxylic acids is 1. The molecular weight excluding hydrogens is 214 g/mol. The van der Waals surface area contributed by atoms with E-state index in [4.69, 9.17) is 16.7 Å². The largest absolute Gasteiger partial charge is 0.480 e. The van der Waals surface area contributed by atoms with Crippen molar-refractivity contribution in [2.75, 3.05) is 13.1 Å². The highest BCUT2D eigenvalue weighted by atomic mass is 35.5. The number of likely N-dealkylation sites (tertiary alicyclic amines) is 1. The summed E-state index contributed by atoms with van der Waals surface area (Å²) in [5.74, 6) is -0.907. The molecule has 0 aromatic rings. The molecule has 1 aliphatic rings. The van der Waals surface area contributed by atoms with Gasteiger partial charge in [-0.15, -0.1) is 11.6 Å². The molecule has 3 nitrogen and oxygen atoms in total. The van der Waals surface area contributed by atoms with Crippen LogP contribution in [0.1, 0.15) is 39.0 Å². The number of carbonyl (C=O) groups is 1. The van der Waals surface area contributed by atoms with E-state index in [9.17, 15) is 4.79 Å². The lowest BCUT2D eigenvalue weighted by molar-refractivity contribution is -0.137. The predicted molar refractivity (Wildman–Crippen MR) is 61.4 cm³/mol. The van der Waals surface area contributed by atoms with E-state index in [0.717, 1.165) is 13.0 Å². The third kappa shape index (κ3) is 3.99. The zero-order valence-electron chi connectivity index (χ0n) is 9.29. The van der Waals surface area contributed by atoms with E-state index in [1.807, 2.05) is 0 Å². The summed E-state index contributed by atoms with van der Waals surface area (Å²) in [6.07, 6.45) is 5.95. The van der Waals surface area contributed by atoms with E-state index in [2.05, 4.69) is 11.8 Å². The second kappa shape index (κ2) is 6.33. The quantitative estimate of drug-likeness (QED) is 0.758. The van der Waals surface area contributed by atoms with Gasteiger partial charge in [-0.25, -0.2) is 0 Å². The van der Waals surface area contributed by atoms with E-state index in [1.54, 1.807) is 0 Å². The van der Waals surface area contributed by atoms with Gasteiger partial charge in [-0.2, -0.15) is 0 Å². The zero-order chi connectivity index (χ0) is 11.3. The van der Waals surface area contributed by atoms with Crippen LogP contribution in [0.3, 0.4) is 0 Å². The molecule has 0 aliphatic carbocycles. The average molecular weight is 234 g/mol. The fraction of sp³-hybridized carbons (Fsp3) is 0.909. The summed E-state index contributed by atoms with van der Waals surface area (Å²) < 4.78 is 0. The first-order chi connectivity index (χ1) is 7.15. The van der Waals surface area contributed by atoms with Crippen molar-refractivity contribution in [1.82, 2.24) is 4.90 Å². The first-order valence-electron chi connectivity index (χ1n) is 5.76. The topological polar surface area (TPSA) is 40.5 Å². The highest BCUT2D eigenvalue weighted by Gasteiger charge is 2.24. The third-order valence-corrected chi connectivity index (χ3v) is 3.46. The maximum atomic E-state index is 10.7. The van der Waals surface area contributed by atoms with Crippen LogP contribution in [-0.2, 0) is 4.79 Å². The summed E-state index contributed by atoms with van der Waals surface area (Å²) in [5, 5.41) is 8.02. The minimum Gasteiger partial charge on any atom is -0.480 e. The number of aliphatic carboxylic acids is 1. The van der Waals surface area contributed by atoms with Gasteiger partial charge >= 0.3 is 5.97 Å². The van der Waals surface area contributed by atoms with Crippen molar-refractivity contribution in [1.29, 1.82) is 0 Å². The molecule has 0 aromatic heterocycles. The molecule has 0 saturated carbocycles. The Morgan fingerprint density at radius 2 is 2.27 bits per heavy atom. The van der Waals surface area contributed by atoms with Crippen LogP contribution in [0.2, 0.25) is 0 Å². The minimum absolute atomic E-state index is 0.482. The molecule has 4 heteroatoms. The van der Waals surface area contributed by atoms with Crippen LogP contribution in [0.15, 0.2) is 0 Å². The molecule has 1 saturated heterocycles. The van der Waals surface area contributed by atoms with Crippen LogP contribution in [0.4, 0.5) is 0 Å². The summed E-state index contributed by atoms with van der Waals surface area (Å²) in [6, 6.07) is 0.521. The second-order valence-electron chi connectivity index (χ2n) is 4.21. The predicted octanol–water partition coefficient (Wildman–Crippen LogP) is 2.33. The molecule has 0 amide bonds. The van der Waals surface area contributed by atoms with E-state index < -0.39 is 11.3 Å². The lowest BCUT2D eigenvalue weighted by Crippen LogP contribution is -2.40. The van der Waals surface area contributed by atoms with Gasteiger partial charge in [0.25, 0.3) is 0 Å². The van der Waals surface area contributed by atoms with E-state index in [1.165, 1.54) is 25.7 Å². The Balaban J connectivity index is 2.51. The maximum Gasteiger partial charge on any atom is 0.322 e. The number of hydrogen-bond donors (Lipinski definition) is 1. The molecule has 2 atom stereocenters. The van der Waals surface area contributed by atoms with Crippen LogP contribution in [0.25, 0.3) is 0 Å². The standard InChI is InChI=1S/C11H20ClNO2/c1-2-9-6-4-3-5-7-13(9)8-10(12)11(14)15/h9-10H,2-8H2,1H3,(H,14,15). The second-order valence-corrected chi connectivity index (χ2v) is 4.74. The van der Waals surface area contributed by atoms with Gasteiger partial charge in [0.1, 0.15) is 5.38 Å². The van der Waals surface area contributed by atoms with Crippen molar-refractivity contribution < 1.29 is 9.90 Å². The average Bonchev–Trinajstić information content (AvgIpc) is 2.42. The highest BCUT2D eigenvalue weighted by molar-refractivity contribution is 6.29. The summed E-state index contributed by atoms with van der Waals surface area (Å²) in [7, 11) is 0. The van der Waals surface area contributed by atoms with Crippen molar-refractivity contribution in [3.05, 3.63) is 0 Å². The first kappa shape index (κ1) is 12.8. The highest BCUT2D eigenvalue weighted by Crippen LogP contribution is 2.20. The van der Waals surface area contributed by atoms with Crippen LogP contribution < -0.4 is 0 Å². The molecule has 1 N–H and O–H groups in total. The fourth-order valence-corrected chi connectivity index (χ4v) is 2.40. The summed E-state index contributed by atoms with van der Waals surface area (Å²) >= 11 is 5.78. The van der Waals surface area contributed by atoms with Crippen LogP contribution in [0.5, 0.6) is 0 Å². The van der Waals surface area contributed by atoms with Crippen molar-refractivity contribution in [3.8, 4) is 0 Å². The minimum atomic E-state index is -0.907. The molecule has 2 unspecified atom stereocenters. The molecule has 0 aromatic carbocycles. The maximum absolute atomic E-state index is 10.7. The van der Waals surface area contributed by atoms with Gasteiger partial charge in [0.05, 0.1) is 0 Å². The van der Waals surface area contributed by atoms with Gasteiger partial charge in [-0.05, 0) is 25.8 Å². The van der Waals surface area contributed by atoms with Crippen molar-refractivity contribution in [2.24, 2.45) is 0 Å². The molecule has 0 spiro atoms. The van der Waals surface area contributed by atoms with Crippen LogP contribution in [-0.4, -0.2) is 40.5 Å². The Labute approximate surface area is 96.4 Å². The lowest BCUT2D eigenvalue weighted by atomic mass is 10.1. The number of alkyl halides is 1. The van der Waals surface area contributed by atoms with Crippen LogP contribution >= 0.6 is 11.6 Å². The summed E-state index contributed by atoms with van der Waals surface area (Å²) in [6.45, 7) is 3.64. The number of halogens is 1. The Kier molecular flexibility index (Phi) is 5.40. The molecule has 88 valence electrons. The lowest BCUT2D eigenvalue weighted by Gasteiger charge is -2.29. The Bertz CT molecular complexity index is 211. The monoisotopic (exact) mass is 233 g/mol. The summed E-state index contributed by atoms with van der Waals surface area (Å²) in [4.78, 5) is 12.9. The Morgan fingerprint density at radius 3 is 2.87 bits per heavy atom. The zero-order valence-corrected chi connectivity index (χ0v) is 10.0. The Hall–Kier alpha value is -0.280. The van der Waals surface area contributed by atoms with Gasteiger partial charge in [-0.3, -0.25) is 9.69 Å². The van der Waals surface area contributed by atoms with E-state index >= 15 is 0 Å². The molecule has 1 rings (SSSR count). The molecule has 1 heterocycles. The van der Waals surface area contributed by atoms with Gasteiger partial charge in [0.2, 0.25) is 0 Å². The van der Waals surface area contributed by atoms with Gasteiger partial charge < -0.3 is 5.11 Å². The van der Waals surface area contributed by atoms with Crippen molar-refractivity contribution >= 4 is 17.6 Å². The number of rotatable bonds is 4. The molecular formula is C11H20ClNO2.